The fourth-order valence-corrected chi connectivity index (χ4v) is 2.28. The normalized spacial score (nSPS) is 10.6. The van der Waals surface area contributed by atoms with Gasteiger partial charge in [-0.3, -0.25) is 0 Å². The number of hydrogen-bond donors (Lipinski definition) is 0. The predicted molar refractivity (Wildman–Crippen MR) is 81.3 cm³/mol. The average Bonchev–Trinajstić information content (AvgIpc) is 3.36. The van der Waals surface area contributed by atoms with E-state index in [4.69, 9.17) is 14.2 Å². The summed E-state index contributed by atoms with van der Waals surface area (Å²) in [5.74, 6) is 1.91. The average molecular weight is 318 g/mol. The van der Waals surface area contributed by atoms with Crippen molar-refractivity contribution in [3.63, 3.8) is 0 Å². The van der Waals surface area contributed by atoms with Crippen LogP contribution in [0.5, 0.6) is 0 Å². The molecule has 3 aromatic heterocycles. The zero-order valence-corrected chi connectivity index (χ0v) is 12.3. The molecule has 0 aliphatic heterocycles. The largest absolute Gasteiger partial charge is 0.461 e. The molecular weight excluding hydrogens is 308 g/mol. The van der Waals surface area contributed by atoms with E-state index in [1.54, 1.807) is 41.3 Å². The van der Waals surface area contributed by atoms with Crippen LogP contribution in [0, 0.1) is 11.3 Å². The van der Waals surface area contributed by atoms with Gasteiger partial charge < -0.3 is 8.94 Å². The standard InChI is InChI=1S/C16H10N6O2/c17-8-11-3-1-4-12(7-11)16-18-10-19-22(16)9-14-20-15(21-24-14)13-5-2-6-23-13/h1-7,10H,9H2. The Morgan fingerprint density at radius 3 is 3.00 bits per heavy atom. The first kappa shape index (κ1) is 13.9. The molecule has 0 saturated heterocycles. The maximum Gasteiger partial charge on any atom is 0.248 e. The van der Waals surface area contributed by atoms with Crippen LogP contribution < -0.4 is 0 Å². The summed E-state index contributed by atoms with van der Waals surface area (Å²) in [6, 6.07) is 12.8. The highest BCUT2D eigenvalue weighted by Gasteiger charge is 2.14. The highest BCUT2D eigenvalue weighted by molar-refractivity contribution is 5.57. The highest BCUT2D eigenvalue weighted by Crippen LogP contribution is 2.20. The SMILES string of the molecule is N#Cc1cccc(-c2ncnn2Cc2nc(-c3ccco3)no2)c1. The molecule has 8 heteroatoms. The first-order valence-corrected chi connectivity index (χ1v) is 7.08. The van der Waals surface area contributed by atoms with Gasteiger partial charge in [0, 0.05) is 5.56 Å². The van der Waals surface area contributed by atoms with E-state index in [1.807, 2.05) is 6.07 Å². The van der Waals surface area contributed by atoms with Crippen molar-refractivity contribution in [2.45, 2.75) is 6.54 Å². The van der Waals surface area contributed by atoms with E-state index in [-0.39, 0.29) is 6.54 Å². The summed E-state index contributed by atoms with van der Waals surface area (Å²) in [5.41, 5.74) is 1.34. The van der Waals surface area contributed by atoms with Crippen molar-refractivity contribution >= 4 is 0 Å². The van der Waals surface area contributed by atoms with Gasteiger partial charge in [0.25, 0.3) is 0 Å². The molecule has 0 spiro atoms. The Hall–Kier alpha value is -3.73. The lowest BCUT2D eigenvalue weighted by atomic mass is 10.1. The Labute approximate surface area is 136 Å². The summed E-state index contributed by atoms with van der Waals surface area (Å²) in [6.45, 7) is 0.264. The summed E-state index contributed by atoms with van der Waals surface area (Å²) >= 11 is 0. The third-order valence-corrected chi connectivity index (χ3v) is 3.36. The van der Waals surface area contributed by atoms with Crippen molar-refractivity contribution in [1.29, 1.82) is 5.26 Å². The molecule has 4 aromatic rings. The van der Waals surface area contributed by atoms with Gasteiger partial charge in [0.1, 0.15) is 12.9 Å². The van der Waals surface area contributed by atoms with Gasteiger partial charge in [-0.05, 0) is 24.3 Å². The number of rotatable bonds is 4. The van der Waals surface area contributed by atoms with Gasteiger partial charge in [0.05, 0.1) is 17.9 Å². The van der Waals surface area contributed by atoms with Crippen molar-refractivity contribution < 1.29 is 8.94 Å². The summed E-state index contributed by atoms with van der Waals surface area (Å²) < 4.78 is 12.1. The van der Waals surface area contributed by atoms with Crippen molar-refractivity contribution in [3.05, 3.63) is 60.4 Å². The second kappa shape index (κ2) is 5.81. The number of benzene rings is 1. The third kappa shape index (κ3) is 2.55. The van der Waals surface area contributed by atoms with Crippen molar-refractivity contribution in [1.82, 2.24) is 24.9 Å². The van der Waals surface area contributed by atoms with Crippen LogP contribution in [0.4, 0.5) is 0 Å². The third-order valence-electron chi connectivity index (χ3n) is 3.36. The minimum atomic E-state index is 0.264. The summed E-state index contributed by atoms with van der Waals surface area (Å²) in [7, 11) is 0. The van der Waals surface area contributed by atoms with Crippen LogP contribution in [0.25, 0.3) is 23.0 Å². The zero-order valence-electron chi connectivity index (χ0n) is 12.3. The molecular formula is C16H10N6O2. The van der Waals surface area contributed by atoms with Gasteiger partial charge >= 0.3 is 0 Å². The molecule has 4 rings (SSSR count). The van der Waals surface area contributed by atoms with Gasteiger partial charge in [0.2, 0.25) is 11.7 Å². The predicted octanol–water partition coefficient (Wildman–Crippen LogP) is 2.51. The fourth-order valence-electron chi connectivity index (χ4n) is 2.28. The molecule has 0 bridgehead atoms. The molecule has 3 heterocycles. The van der Waals surface area contributed by atoms with Gasteiger partial charge in [-0.2, -0.15) is 15.3 Å². The Bertz CT molecular complexity index is 1010. The molecule has 0 N–H and O–H groups in total. The van der Waals surface area contributed by atoms with Crippen LogP contribution in [0.1, 0.15) is 11.5 Å². The summed E-state index contributed by atoms with van der Waals surface area (Å²) in [5, 5.41) is 17.1. The Kier molecular flexibility index (Phi) is 3.37. The molecule has 0 radical (unpaired) electrons. The quantitative estimate of drug-likeness (QED) is 0.569. The highest BCUT2D eigenvalue weighted by atomic mass is 16.5. The first-order chi connectivity index (χ1) is 11.8. The monoisotopic (exact) mass is 318 g/mol. The van der Waals surface area contributed by atoms with E-state index in [2.05, 4.69) is 26.3 Å². The van der Waals surface area contributed by atoms with E-state index in [1.165, 1.54) is 6.33 Å². The topological polar surface area (TPSA) is 107 Å². The maximum atomic E-state index is 9.02. The number of nitriles is 1. The van der Waals surface area contributed by atoms with E-state index in [0.29, 0.717) is 28.9 Å². The van der Waals surface area contributed by atoms with Crippen LogP contribution in [0.2, 0.25) is 0 Å². The molecule has 0 amide bonds. The second-order valence-electron chi connectivity index (χ2n) is 4.92. The van der Waals surface area contributed by atoms with Crippen LogP contribution in [0.15, 0.2) is 57.9 Å². The second-order valence-corrected chi connectivity index (χ2v) is 4.92. The van der Waals surface area contributed by atoms with Crippen molar-refractivity contribution in [3.8, 4) is 29.0 Å². The molecule has 24 heavy (non-hydrogen) atoms. The van der Waals surface area contributed by atoms with Crippen LogP contribution >= 0.6 is 0 Å². The molecule has 1 aromatic carbocycles. The lowest BCUT2D eigenvalue weighted by molar-refractivity contribution is 0.365. The molecule has 0 unspecified atom stereocenters. The van der Waals surface area contributed by atoms with Crippen molar-refractivity contribution in [2.24, 2.45) is 0 Å². The van der Waals surface area contributed by atoms with Gasteiger partial charge in [-0.1, -0.05) is 17.3 Å². The number of nitrogens with zero attached hydrogens (tertiary/aromatic N) is 6. The van der Waals surface area contributed by atoms with Gasteiger partial charge in [0.15, 0.2) is 11.6 Å². The van der Waals surface area contributed by atoms with Crippen LogP contribution in [-0.4, -0.2) is 24.9 Å². The van der Waals surface area contributed by atoms with E-state index in [9.17, 15) is 0 Å². The zero-order chi connectivity index (χ0) is 16.4. The maximum absolute atomic E-state index is 9.02. The number of hydrogen-bond acceptors (Lipinski definition) is 7. The van der Waals surface area contributed by atoms with Gasteiger partial charge in [-0.25, -0.2) is 9.67 Å². The summed E-state index contributed by atoms with van der Waals surface area (Å²) in [4.78, 5) is 8.53. The first-order valence-electron chi connectivity index (χ1n) is 7.08. The molecule has 0 aliphatic rings. The van der Waals surface area contributed by atoms with E-state index >= 15 is 0 Å². The summed E-state index contributed by atoms with van der Waals surface area (Å²) in [6.07, 6.45) is 2.99. The molecule has 0 saturated carbocycles. The molecule has 0 aliphatic carbocycles. The smallest absolute Gasteiger partial charge is 0.248 e. The molecule has 0 atom stereocenters. The van der Waals surface area contributed by atoms with Crippen LogP contribution in [-0.2, 0) is 6.54 Å². The van der Waals surface area contributed by atoms with Crippen LogP contribution in [0.3, 0.4) is 0 Å². The fraction of sp³-hybridized carbons (Fsp3) is 0.0625. The molecule has 0 fully saturated rings. The van der Waals surface area contributed by atoms with E-state index < -0.39 is 0 Å². The Morgan fingerprint density at radius 1 is 1.21 bits per heavy atom. The minimum absolute atomic E-state index is 0.264. The number of aromatic nitrogens is 5. The minimum Gasteiger partial charge on any atom is -0.461 e. The van der Waals surface area contributed by atoms with E-state index in [0.717, 1.165) is 5.56 Å². The number of furan rings is 1. The molecule has 8 nitrogen and oxygen atoms in total. The Morgan fingerprint density at radius 2 is 2.17 bits per heavy atom. The lowest BCUT2D eigenvalue weighted by Gasteiger charge is -2.03. The van der Waals surface area contributed by atoms with Gasteiger partial charge in [-0.15, -0.1) is 0 Å². The lowest BCUT2D eigenvalue weighted by Crippen LogP contribution is -2.04. The van der Waals surface area contributed by atoms with Crippen molar-refractivity contribution in [2.75, 3.05) is 0 Å². The molecule has 116 valence electrons. The Balaban J connectivity index is 1.63.